The summed E-state index contributed by atoms with van der Waals surface area (Å²) < 4.78 is 6.33. The third-order valence-corrected chi connectivity index (χ3v) is 6.93. The zero-order valence-electron chi connectivity index (χ0n) is 15.9. The lowest BCUT2D eigenvalue weighted by molar-refractivity contribution is -0.0339. The molecule has 27 heavy (non-hydrogen) atoms. The van der Waals surface area contributed by atoms with Gasteiger partial charge in [0, 0.05) is 49.7 Å². The summed E-state index contributed by atoms with van der Waals surface area (Å²) in [6.45, 7) is 3.21. The first-order valence-electron chi connectivity index (χ1n) is 10.0. The van der Waals surface area contributed by atoms with Crippen molar-refractivity contribution >= 4 is 17.0 Å². The van der Waals surface area contributed by atoms with Crippen LogP contribution in [0.5, 0.6) is 0 Å². The number of urea groups is 1. The van der Waals surface area contributed by atoms with Crippen LogP contribution in [0, 0.1) is 0 Å². The number of aliphatic hydroxyl groups is 1. The number of furan rings is 1. The molecule has 6 nitrogen and oxygen atoms in total. The highest BCUT2D eigenvalue weighted by atomic mass is 16.3. The van der Waals surface area contributed by atoms with Gasteiger partial charge < -0.3 is 19.3 Å². The second kappa shape index (κ2) is 6.24. The normalized spacial score (nSPS) is 28.7. The van der Waals surface area contributed by atoms with Gasteiger partial charge in [-0.15, -0.1) is 0 Å². The van der Waals surface area contributed by atoms with Crippen molar-refractivity contribution in [2.24, 2.45) is 0 Å². The fourth-order valence-corrected chi connectivity index (χ4v) is 5.45. The molecule has 2 saturated heterocycles. The maximum atomic E-state index is 12.8. The minimum Gasteiger partial charge on any atom is -0.459 e. The van der Waals surface area contributed by atoms with Crippen molar-refractivity contribution in [3.05, 3.63) is 35.6 Å². The van der Waals surface area contributed by atoms with Crippen LogP contribution in [-0.4, -0.2) is 71.2 Å². The van der Waals surface area contributed by atoms with Crippen LogP contribution in [-0.2, 0) is 6.42 Å². The van der Waals surface area contributed by atoms with E-state index < -0.39 is 0 Å². The number of hydrogen-bond donors (Lipinski definition) is 1. The van der Waals surface area contributed by atoms with Crippen molar-refractivity contribution in [3.63, 3.8) is 0 Å². The Morgan fingerprint density at radius 1 is 1.22 bits per heavy atom. The Bertz CT molecular complexity index is 879. The molecule has 0 radical (unpaired) electrons. The monoisotopic (exact) mass is 369 g/mol. The fraction of sp³-hybridized carbons (Fsp3) is 0.571. The molecule has 3 aliphatic rings. The maximum absolute atomic E-state index is 12.8. The van der Waals surface area contributed by atoms with Gasteiger partial charge in [0.25, 0.3) is 0 Å². The molecule has 0 saturated carbocycles. The molecule has 144 valence electrons. The molecule has 1 N–H and O–H groups in total. The van der Waals surface area contributed by atoms with Crippen molar-refractivity contribution < 1.29 is 14.3 Å². The molecule has 1 aromatic heterocycles. The summed E-state index contributed by atoms with van der Waals surface area (Å²) in [5.41, 5.74) is 2.13. The first-order valence-corrected chi connectivity index (χ1v) is 10.0. The van der Waals surface area contributed by atoms with E-state index in [2.05, 4.69) is 17.0 Å². The van der Waals surface area contributed by atoms with Gasteiger partial charge in [-0.3, -0.25) is 4.90 Å². The van der Waals surface area contributed by atoms with E-state index in [4.69, 9.17) is 4.42 Å². The Kier molecular flexibility index (Phi) is 3.95. The number of β-amino-alcohol motifs (C(OH)–C–C–N with tert-alkyl or cyclic N) is 1. The molecule has 6 heteroatoms. The lowest BCUT2D eigenvalue weighted by atomic mass is 9.75. The average molecular weight is 369 g/mol. The number of hydrogen-bond acceptors (Lipinski definition) is 4. The molecule has 2 unspecified atom stereocenters. The van der Waals surface area contributed by atoms with Gasteiger partial charge in [-0.25, -0.2) is 4.79 Å². The maximum Gasteiger partial charge on any atom is 0.320 e. The van der Waals surface area contributed by atoms with Crippen LogP contribution in [0.25, 0.3) is 11.0 Å². The van der Waals surface area contributed by atoms with Crippen molar-refractivity contribution in [3.8, 4) is 0 Å². The number of amides is 2. The summed E-state index contributed by atoms with van der Waals surface area (Å²) in [5, 5.41) is 10.8. The zero-order chi connectivity index (χ0) is 18.6. The van der Waals surface area contributed by atoms with Gasteiger partial charge in [-0.05, 0) is 31.7 Å². The Labute approximate surface area is 159 Å². The van der Waals surface area contributed by atoms with Crippen molar-refractivity contribution in [1.29, 1.82) is 0 Å². The summed E-state index contributed by atoms with van der Waals surface area (Å²) in [4.78, 5) is 19.1. The average Bonchev–Trinajstić information content (AvgIpc) is 3.08. The van der Waals surface area contributed by atoms with Crippen LogP contribution >= 0.6 is 0 Å². The number of fused-ring (bicyclic) bond motifs is 5. The molecule has 2 amide bonds. The van der Waals surface area contributed by atoms with Crippen LogP contribution in [0.2, 0.25) is 0 Å². The molecule has 0 aliphatic carbocycles. The lowest BCUT2D eigenvalue weighted by Gasteiger charge is -2.55. The molecule has 2 aromatic rings. The molecule has 1 aromatic carbocycles. The third-order valence-electron chi connectivity index (χ3n) is 6.93. The van der Waals surface area contributed by atoms with Gasteiger partial charge in [0.1, 0.15) is 11.3 Å². The number of carbonyl (C=O) groups is 1. The predicted molar refractivity (Wildman–Crippen MR) is 103 cm³/mol. The molecule has 2 fully saturated rings. The highest BCUT2D eigenvalue weighted by Crippen LogP contribution is 2.48. The number of aliphatic hydroxyl groups excluding tert-OH is 1. The smallest absolute Gasteiger partial charge is 0.320 e. The Morgan fingerprint density at radius 2 is 2.04 bits per heavy atom. The van der Waals surface area contributed by atoms with Crippen LogP contribution in [0.3, 0.4) is 0 Å². The van der Waals surface area contributed by atoms with Crippen LogP contribution in [0.15, 0.2) is 28.7 Å². The van der Waals surface area contributed by atoms with E-state index >= 15 is 0 Å². The van der Waals surface area contributed by atoms with Crippen LogP contribution in [0.4, 0.5) is 4.79 Å². The first kappa shape index (κ1) is 17.1. The largest absolute Gasteiger partial charge is 0.459 e. The SMILES string of the molecule is CN1CCC2(CCN3CCc4c(oc5ccccc45)C3C2)N(CCO)C1=O. The van der Waals surface area contributed by atoms with Crippen LogP contribution in [0.1, 0.15) is 36.6 Å². The molecule has 3 aliphatic heterocycles. The fourth-order valence-electron chi connectivity index (χ4n) is 5.45. The number of nitrogens with zero attached hydrogens (tertiary/aromatic N) is 3. The number of carbonyl (C=O) groups excluding carboxylic acids is 1. The molecular weight excluding hydrogens is 342 g/mol. The summed E-state index contributed by atoms with van der Waals surface area (Å²) >= 11 is 0. The second-order valence-electron chi connectivity index (χ2n) is 8.25. The van der Waals surface area contributed by atoms with Gasteiger partial charge >= 0.3 is 6.03 Å². The molecular formula is C21H27N3O3. The van der Waals surface area contributed by atoms with E-state index in [0.29, 0.717) is 6.54 Å². The first-order chi connectivity index (χ1) is 13.1. The topological polar surface area (TPSA) is 60.2 Å². The Balaban J connectivity index is 1.54. The minimum absolute atomic E-state index is 0.00555. The van der Waals surface area contributed by atoms with E-state index in [1.807, 2.05) is 24.1 Å². The van der Waals surface area contributed by atoms with E-state index in [1.165, 1.54) is 10.9 Å². The van der Waals surface area contributed by atoms with E-state index in [0.717, 1.165) is 56.7 Å². The van der Waals surface area contributed by atoms with E-state index in [9.17, 15) is 9.90 Å². The summed E-state index contributed by atoms with van der Waals surface area (Å²) in [6, 6.07) is 8.56. The molecule has 0 bridgehead atoms. The quantitative estimate of drug-likeness (QED) is 0.884. The number of piperidine rings is 1. The molecule has 1 spiro atoms. The Morgan fingerprint density at radius 3 is 2.89 bits per heavy atom. The highest BCUT2D eigenvalue weighted by molar-refractivity contribution is 5.82. The van der Waals surface area contributed by atoms with Crippen molar-refractivity contribution in [1.82, 2.24) is 14.7 Å². The van der Waals surface area contributed by atoms with Gasteiger partial charge in [-0.1, -0.05) is 18.2 Å². The minimum atomic E-state index is -0.179. The van der Waals surface area contributed by atoms with Gasteiger partial charge in [0.2, 0.25) is 0 Å². The van der Waals surface area contributed by atoms with Gasteiger partial charge in [0.15, 0.2) is 0 Å². The van der Waals surface area contributed by atoms with Gasteiger partial charge in [0.05, 0.1) is 12.6 Å². The molecule has 5 rings (SSSR count). The standard InChI is InChI=1S/C21H27N3O3/c1-22-10-7-21(24(12-13-25)20(22)26)8-11-23-9-6-16-15-4-2-3-5-18(15)27-19(16)17(23)14-21/h2-5,17,25H,6-14H2,1H3. The number of rotatable bonds is 2. The Hall–Kier alpha value is -2.05. The summed E-state index contributed by atoms with van der Waals surface area (Å²) in [5.74, 6) is 1.09. The lowest BCUT2D eigenvalue weighted by Crippen LogP contribution is -2.65. The van der Waals surface area contributed by atoms with E-state index in [1.54, 1.807) is 4.90 Å². The summed E-state index contributed by atoms with van der Waals surface area (Å²) in [7, 11) is 1.85. The number of para-hydroxylation sites is 1. The van der Waals surface area contributed by atoms with Crippen molar-refractivity contribution in [2.75, 3.05) is 39.8 Å². The van der Waals surface area contributed by atoms with Gasteiger partial charge in [-0.2, -0.15) is 0 Å². The zero-order valence-corrected chi connectivity index (χ0v) is 15.9. The van der Waals surface area contributed by atoms with Crippen molar-refractivity contribution in [2.45, 2.75) is 37.3 Å². The third kappa shape index (κ3) is 2.50. The second-order valence-corrected chi connectivity index (χ2v) is 8.25. The predicted octanol–water partition coefficient (Wildman–Crippen LogP) is 2.61. The highest BCUT2D eigenvalue weighted by Gasteiger charge is 2.50. The molecule has 4 heterocycles. The molecule has 2 atom stereocenters. The number of benzene rings is 1. The van der Waals surface area contributed by atoms with Crippen LogP contribution < -0.4 is 0 Å². The summed E-state index contributed by atoms with van der Waals surface area (Å²) in [6.07, 6.45) is 3.84. The van der Waals surface area contributed by atoms with E-state index in [-0.39, 0.29) is 24.2 Å².